The van der Waals surface area contributed by atoms with Crippen molar-refractivity contribution in [2.45, 2.75) is 49.6 Å². The number of imide groups is 2. The molecule has 3 aromatic carbocycles. The van der Waals surface area contributed by atoms with Gasteiger partial charge in [0.1, 0.15) is 17.2 Å². The van der Waals surface area contributed by atoms with Crippen LogP contribution < -0.4 is 24.6 Å². The van der Waals surface area contributed by atoms with E-state index in [1.165, 1.54) is 17.6 Å². The SMILES string of the molecule is COc1cc(Cn2cccn2)cc2onc(NSc3cccc(N4CCN(CCC5CCN(c6ccc7c(c6)C(=O)N(C6CCC(=O)NC6=O)C7=O)CC5)CC4)c3)c12. The Morgan fingerprint density at radius 3 is 2.45 bits per heavy atom. The highest BCUT2D eigenvalue weighted by molar-refractivity contribution is 8.00. The van der Waals surface area contributed by atoms with Crippen molar-refractivity contribution >= 4 is 63.7 Å². The van der Waals surface area contributed by atoms with Gasteiger partial charge in [-0.15, -0.1) is 0 Å². The first-order valence-electron chi connectivity index (χ1n) is 19.9. The molecule has 0 spiro atoms. The van der Waals surface area contributed by atoms with E-state index in [-0.39, 0.29) is 18.7 Å². The van der Waals surface area contributed by atoms with E-state index < -0.39 is 23.8 Å². The van der Waals surface area contributed by atoms with Crippen molar-refractivity contribution in [3.05, 3.63) is 89.7 Å². The van der Waals surface area contributed by atoms with E-state index in [0.717, 1.165) is 91.5 Å². The lowest BCUT2D eigenvalue weighted by Gasteiger charge is -2.38. The van der Waals surface area contributed by atoms with Crippen LogP contribution in [0.4, 0.5) is 17.2 Å². The van der Waals surface area contributed by atoms with Gasteiger partial charge in [-0.1, -0.05) is 11.2 Å². The number of piperidine rings is 2. The number of nitrogens with one attached hydrogen (secondary N) is 2. The molecular weight excluding hydrogens is 759 g/mol. The molecule has 300 valence electrons. The molecule has 3 saturated heterocycles. The Bertz CT molecular complexity index is 2350. The molecule has 0 aliphatic carbocycles. The number of benzene rings is 3. The van der Waals surface area contributed by atoms with Crippen molar-refractivity contribution < 1.29 is 28.4 Å². The van der Waals surface area contributed by atoms with Crippen molar-refractivity contribution in [2.24, 2.45) is 5.92 Å². The second-order valence-electron chi connectivity index (χ2n) is 15.3. The summed E-state index contributed by atoms with van der Waals surface area (Å²) < 4.78 is 16.7. The fraction of sp³-hybridized carbons (Fsp3) is 0.381. The van der Waals surface area contributed by atoms with Crippen molar-refractivity contribution in [1.29, 1.82) is 0 Å². The lowest BCUT2D eigenvalue weighted by Crippen LogP contribution is -2.54. The number of amides is 4. The molecule has 5 aromatic rings. The highest BCUT2D eigenvalue weighted by Crippen LogP contribution is 2.37. The maximum atomic E-state index is 13.3. The summed E-state index contributed by atoms with van der Waals surface area (Å²) in [5.74, 6) is 0.0137. The lowest BCUT2D eigenvalue weighted by molar-refractivity contribution is -0.136. The molecule has 1 unspecified atom stereocenters. The second-order valence-corrected chi connectivity index (χ2v) is 16.2. The van der Waals surface area contributed by atoms with Crippen LogP contribution >= 0.6 is 11.9 Å². The van der Waals surface area contributed by atoms with Crippen LogP contribution in [0.2, 0.25) is 0 Å². The standard InChI is InChI=1S/C42H45N9O6S/c1-56-35-22-28(26-50-14-3-13-43-50)23-36-38(35)39(45-57-36)46-58-31-5-2-4-29(24-31)49-20-18-47(19-21-49)15-10-27-11-16-48(17-12-27)30-6-7-32-33(25-30)42(55)51(41(32)54)34-8-9-37(52)44-40(34)53/h2-7,13-14,22-25,27,34H,8-12,15-21,26H2,1H3,(H,45,46)(H,44,52,53). The first-order chi connectivity index (χ1) is 28.3. The number of fused-ring (bicyclic) bond motifs is 2. The fourth-order valence-electron chi connectivity index (χ4n) is 8.57. The summed E-state index contributed by atoms with van der Waals surface area (Å²) >= 11 is 1.50. The summed E-state index contributed by atoms with van der Waals surface area (Å²) in [6.07, 6.45) is 7.20. The van der Waals surface area contributed by atoms with Gasteiger partial charge in [0.2, 0.25) is 11.8 Å². The lowest BCUT2D eigenvalue weighted by atomic mass is 9.92. The van der Waals surface area contributed by atoms with Gasteiger partial charge in [-0.2, -0.15) is 5.10 Å². The Morgan fingerprint density at radius 1 is 0.879 bits per heavy atom. The van der Waals surface area contributed by atoms with Crippen LogP contribution in [0.25, 0.3) is 11.0 Å². The third kappa shape index (κ3) is 7.61. The summed E-state index contributed by atoms with van der Waals surface area (Å²) in [4.78, 5) is 59.9. The van der Waals surface area contributed by atoms with E-state index in [4.69, 9.17) is 9.26 Å². The van der Waals surface area contributed by atoms with Gasteiger partial charge < -0.3 is 23.8 Å². The third-order valence-electron chi connectivity index (χ3n) is 11.8. The number of aromatic nitrogens is 3. The van der Waals surface area contributed by atoms with Crippen LogP contribution in [-0.4, -0.2) is 107 Å². The van der Waals surface area contributed by atoms with E-state index >= 15 is 0 Å². The number of hydrogen-bond acceptors (Lipinski definition) is 13. The Labute approximate surface area is 339 Å². The number of hydrogen-bond donors (Lipinski definition) is 2. The molecule has 4 aliphatic heterocycles. The number of nitrogens with zero attached hydrogens (tertiary/aromatic N) is 7. The molecule has 16 heteroatoms. The monoisotopic (exact) mass is 803 g/mol. The molecule has 15 nitrogen and oxygen atoms in total. The number of methoxy groups -OCH3 is 1. The maximum Gasteiger partial charge on any atom is 0.262 e. The molecule has 4 amide bonds. The average molecular weight is 804 g/mol. The largest absolute Gasteiger partial charge is 0.496 e. The van der Waals surface area contributed by atoms with E-state index in [1.54, 1.807) is 25.4 Å². The summed E-state index contributed by atoms with van der Waals surface area (Å²) in [6, 6.07) is 18.9. The highest BCUT2D eigenvalue weighted by atomic mass is 32.2. The highest BCUT2D eigenvalue weighted by Gasteiger charge is 2.45. The summed E-state index contributed by atoms with van der Waals surface area (Å²) in [6.45, 7) is 7.40. The molecule has 6 heterocycles. The van der Waals surface area contributed by atoms with Gasteiger partial charge in [-0.3, -0.25) is 39.0 Å². The van der Waals surface area contributed by atoms with Gasteiger partial charge in [-0.25, -0.2) is 0 Å². The quantitative estimate of drug-likeness (QED) is 0.128. The first-order valence-corrected chi connectivity index (χ1v) is 20.7. The number of ether oxygens (including phenoxy) is 1. The average Bonchev–Trinajstić information content (AvgIpc) is 3.98. The predicted molar refractivity (Wildman–Crippen MR) is 219 cm³/mol. The predicted octanol–water partition coefficient (Wildman–Crippen LogP) is 5.03. The van der Waals surface area contributed by atoms with E-state index in [1.807, 2.05) is 35.1 Å². The molecule has 2 N–H and O–H groups in total. The molecule has 3 fully saturated rings. The number of piperazine rings is 1. The molecule has 0 bridgehead atoms. The normalized spacial score (nSPS) is 19.3. The minimum atomic E-state index is -0.959. The first kappa shape index (κ1) is 37.7. The van der Waals surface area contributed by atoms with Crippen molar-refractivity contribution in [3.8, 4) is 5.75 Å². The van der Waals surface area contributed by atoms with E-state index in [2.05, 4.69) is 59.3 Å². The molecule has 4 aliphatic rings. The van der Waals surface area contributed by atoms with Crippen LogP contribution in [0.1, 0.15) is 58.4 Å². The smallest absolute Gasteiger partial charge is 0.262 e. The third-order valence-corrected chi connectivity index (χ3v) is 12.6. The molecule has 9 rings (SSSR count). The molecule has 2 aromatic heterocycles. The Balaban J connectivity index is 0.733. The second kappa shape index (κ2) is 16.2. The van der Waals surface area contributed by atoms with Gasteiger partial charge in [0, 0.05) is 74.4 Å². The summed E-state index contributed by atoms with van der Waals surface area (Å²) in [5.41, 5.74) is 4.42. The van der Waals surface area contributed by atoms with E-state index in [9.17, 15) is 19.2 Å². The Kier molecular flexibility index (Phi) is 10.5. The van der Waals surface area contributed by atoms with Crippen molar-refractivity contribution in [1.82, 2.24) is 30.1 Å². The topological polar surface area (TPSA) is 158 Å². The van der Waals surface area contributed by atoms with Crippen LogP contribution in [-0.2, 0) is 16.1 Å². The minimum Gasteiger partial charge on any atom is -0.496 e. The Morgan fingerprint density at radius 2 is 1.67 bits per heavy atom. The molecule has 58 heavy (non-hydrogen) atoms. The number of rotatable bonds is 12. The Hall–Kier alpha value is -5.87. The van der Waals surface area contributed by atoms with Crippen molar-refractivity contribution in [3.63, 3.8) is 0 Å². The number of anilines is 3. The van der Waals surface area contributed by atoms with Gasteiger partial charge in [0.25, 0.3) is 11.8 Å². The van der Waals surface area contributed by atoms with Crippen LogP contribution in [0, 0.1) is 5.92 Å². The molecule has 0 radical (unpaired) electrons. The van der Waals surface area contributed by atoms with Gasteiger partial charge in [0.05, 0.1) is 24.8 Å². The zero-order valence-corrected chi connectivity index (χ0v) is 33.1. The van der Waals surface area contributed by atoms with Gasteiger partial charge in [0.15, 0.2) is 11.4 Å². The number of carbonyl (C=O) groups excluding carboxylic acids is 4. The number of carbonyl (C=O) groups is 4. The van der Waals surface area contributed by atoms with E-state index in [0.29, 0.717) is 40.7 Å². The van der Waals surface area contributed by atoms with Crippen LogP contribution in [0.5, 0.6) is 5.75 Å². The summed E-state index contributed by atoms with van der Waals surface area (Å²) in [5, 5.41) is 11.7. The van der Waals surface area contributed by atoms with Crippen molar-refractivity contribution in [2.75, 3.05) is 67.4 Å². The zero-order valence-electron chi connectivity index (χ0n) is 32.3. The van der Waals surface area contributed by atoms with Gasteiger partial charge >= 0.3 is 0 Å². The molecular formula is C42H45N9O6S. The molecule has 1 atom stereocenters. The zero-order chi connectivity index (χ0) is 39.8. The van der Waals surface area contributed by atoms with Crippen LogP contribution in [0.15, 0.2) is 82.5 Å². The van der Waals surface area contributed by atoms with Gasteiger partial charge in [-0.05, 0) is 110 Å². The maximum absolute atomic E-state index is 13.3. The minimum absolute atomic E-state index is 0.102. The molecule has 0 saturated carbocycles. The fourth-order valence-corrected chi connectivity index (χ4v) is 9.25. The summed E-state index contributed by atoms with van der Waals surface area (Å²) in [7, 11) is 1.65. The van der Waals surface area contributed by atoms with Crippen LogP contribution in [0.3, 0.4) is 0 Å².